The highest BCUT2D eigenvalue weighted by atomic mass is 32.2. The van der Waals surface area contributed by atoms with Crippen molar-refractivity contribution in [3.63, 3.8) is 0 Å². The first-order valence-electron chi connectivity index (χ1n) is 3.41. The van der Waals surface area contributed by atoms with Crippen LogP contribution in [0.25, 0.3) is 0 Å². The highest BCUT2D eigenvalue weighted by molar-refractivity contribution is 7.85. The number of methoxy groups -OCH3 is 1. The fourth-order valence-corrected chi connectivity index (χ4v) is 0.305. The molecule has 0 heterocycles. The number of ketones is 1. The minimum absolute atomic E-state index is 0.102. The van der Waals surface area contributed by atoms with Crippen molar-refractivity contribution in [3.8, 4) is 0 Å². The van der Waals surface area contributed by atoms with E-state index in [2.05, 4.69) is 4.74 Å². The molecule has 0 fully saturated rings. The van der Waals surface area contributed by atoms with Crippen molar-refractivity contribution in [1.29, 1.82) is 0 Å². The van der Waals surface area contributed by atoms with Gasteiger partial charge in [0.1, 0.15) is 6.42 Å². The first kappa shape index (κ1) is 15.5. The van der Waals surface area contributed by atoms with Crippen molar-refractivity contribution in [2.45, 2.75) is 6.42 Å². The zero-order valence-electron chi connectivity index (χ0n) is 7.89. The van der Waals surface area contributed by atoms with Crippen LogP contribution in [0.15, 0.2) is 0 Å². The van der Waals surface area contributed by atoms with Crippen molar-refractivity contribution >= 4 is 21.9 Å². The lowest BCUT2D eigenvalue weighted by Gasteiger charge is -1.93. The number of carbonyl (C=O) groups excluding carboxylic acids is 2. The predicted molar refractivity (Wildman–Crippen MR) is 48.2 cm³/mol. The molecule has 0 bridgehead atoms. The van der Waals surface area contributed by atoms with Gasteiger partial charge in [-0.15, -0.1) is 0 Å². The maximum Gasteiger partial charge on any atom is 0.313 e. The van der Waals surface area contributed by atoms with E-state index in [9.17, 15) is 18.0 Å². The molecule has 8 heteroatoms. The van der Waals surface area contributed by atoms with E-state index in [0.717, 1.165) is 0 Å². The molecule has 7 nitrogen and oxygen atoms in total. The van der Waals surface area contributed by atoms with Gasteiger partial charge in [-0.05, 0) is 0 Å². The van der Waals surface area contributed by atoms with Crippen molar-refractivity contribution < 1.29 is 27.3 Å². The average Bonchev–Trinajstić information content (AvgIpc) is 2.01. The van der Waals surface area contributed by atoms with Gasteiger partial charge in [0.05, 0.1) is 19.9 Å². The number of rotatable bonds is 3. The molecule has 0 aliphatic heterocycles. The maximum atomic E-state index is 10.4. The van der Waals surface area contributed by atoms with Crippen LogP contribution in [0.5, 0.6) is 0 Å². The molecule has 0 aliphatic rings. The number of Topliss-reactive ketones (excluding diaryl/α,β-unsaturated/α-hetero) is 1. The number of nitrogens with two attached hydrogens (primary N) is 1. The Kier molecular flexibility index (Phi) is 8.20. The Labute approximate surface area is 82.0 Å². The van der Waals surface area contributed by atoms with Gasteiger partial charge in [0.15, 0.2) is 5.78 Å². The largest absolute Gasteiger partial charge is 0.469 e. The van der Waals surface area contributed by atoms with Gasteiger partial charge in [0.2, 0.25) is 0 Å². The standard InChI is InChI=1S/C5H9NO3.CH4O3S/c1-9-5(8)2-4(7)3-6;1-5(2,3)4/h2-3,6H2,1H3;1H3,(H,2,3,4). The van der Waals surface area contributed by atoms with Gasteiger partial charge in [0, 0.05) is 0 Å². The summed E-state index contributed by atoms with van der Waals surface area (Å²) in [6.07, 6.45) is 0.500. The van der Waals surface area contributed by atoms with Crippen LogP contribution in [0, 0.1) is 0 Å². The Morgan fingerprint density at radius 1 is 1.43 bits per heavy atom. The summed E-state index contributed by atoms with van der Waals surface area (Å²) in [7, 11) is -2.44. The van der Waals surface area contributed by atoms with E-state index >= 15 is 0 Å². The third-order valence-electron chi connectivity index (χ3n) is 0.797. The summed E-state index contributed by atoms with van der Waals surface area (Å²) in [5.41, 5.74) is 4.92. The fraction of sp³-hybridized carbons (Fsp3) is 0.667. The second-order valence-electron chi connectivity index (χ2n) is 2.23. The number of ether oxygens (including phenoxy) is 1. The maximum absolute atomic E-state index is 10.4. The van der Waals surface area contributed by atoms with Crippen LogP contribution in [0.3, 0.4) is 0 Å². The van der Waals surface area contributed by atoms with E-state index < -0.39 is 16.1 Å². The minimum Gasteiger partial charge on any atom is -0.469 e. The summed E-state index contributed by atoms with van der Waals surface area (Å²) in [6, 6.07) is 0. The molecule has 0 saturated carbocycles. The van der Waals surface area contributed by atoms with Gasteiger partial charge in [-0.1, -0.05) is 0 Å². The molecule has 0 rings (SSSR count). The monoisotopic (exact) mass is 227 g/mol. The van der Waals surface area contributed by atoms with Crippen LogP contribution in [0.4, 0.5) is 0 Å². The van der Waals surface area contributed by atoms with Gasteiger partial charge in [-0.2, -0.15) is 8.42 Å². The number of esters is 1. The van der Waals surface area contributed by atoms with Crippen molar-refractivity contribution in [2.24, 2.45) is 5.73 Å². The zero-order valence-corrected chi connectivity index (χ0v) is 8.70. The quantitative estimate of drug-likeness (QED) is 0.344. The van der Waals surface area contributed by atoms with Crippen LogP contribution in [-0.2, 0) is 24.4 Å². The summed E-state index contributed by atoms with van der Waals surface area (Å²) in [5, 5.41) is 0. The highest BCUT2D eigenvalue weighted by Gasteiger charge is 2.05. The van der Waals surface area contributed by atoms with E-state index in [-0.39, 0.29) is 18.7 Å². The van der Waals surface area contributed by atoms with Gasteiger partial charge >= 0.3 is 5.97 Å². The van der Waals surface area contributed by atoms with E-state index in [1.54, 1.807) is 0 Å². The molecule has 84 valence electrons. The molecule has 0 amide bonds. The van der Waals surface area contributed by atoms with Crippen LogP contribution in [0.1, 0.15) is 6.42 Å². The topological polar surface area (TPSA) is 124 Å². The third-order valence-corrected chi connectivity index (χ3v) is 0.797. The average molecular weight is 227 g/mol. The van der Waals surface area contributed by atoms with Gasteiger partial charge < -0.3 is 10.5 Å². The molecule has 0 aromatic rings. The van der Waals surface area contributed by atoms with E-state index in [4.69, 9.17) is 10.3 Å². The molecule has 0 saturated heterocycles. The summed E-state index contributed by atoms with van der Waals surface area (Å²) in [4.78, 5) is 20.6. The third kappa shape index (κ3) is 22.5. The summed E-state index contributed by atoms with van der Waals surface area (Å²) in [5.74, 6) is -0.840. The smallest absolute Gasteiger partial charge is 0.313 e. The van der Waals surface area contributed by atoms with Crippen LogP contribution < -0.4 is 5.73 Å². The minimum atomic E-state index is -3.67. The second-order valence-corrected chi connectivity index (χ2v) is 3.69. The Bertz CT molecular complexity index is 261. The Hall–Kier alpha value is -0.990. The van der Waals surface area contributed by atoms with E-state index in [0.29, 0.717) is 6.26 Å². The summed E-state index contributed by atoms with van der Waals surface area (Å²) < 4.78 is 30.1. The van der Waals surface area contributed by atoms with Crippen LogP contribution >= 0.6 is 0 Å². The molecule has 0 aromatic carbocycles. The fourth-order valence-electron chi connectivity index (χ4n) is 0.305. The first-order chi connectivity index (χ1) is 6.20. The molecule has 0 unspecified atom stereocenters. The van der Waals surface area contributed by atoms with Gasteiger partial charge in [-0.3, -0.25) is 14.1 Å². The summed E-state index contributed by atoms with van der Waals surface area (Å²) in [6.45, 7) is -0.102. The molecule has 0 spiro atoms. The first-order valence-corrected chi connectivity index (χ1v) is 5.26. The molecule has 0 aromatic heterocycles. The molecule has 0 atom stereocenters. The predicted octanol–water partition coefficient (Wildman–Crippen LogP) is -1.42. The number of hydrogen-bond donors (Lipinski definition) is 2. The SMILES string of the molecule is COC(=O)CC(=O)CN.CS(=O)(=O)O. The lowest BCUT2D eigenvalue weighted by Crippen LogP contribution is -2.17. The lowest BCUT2D eigenvalue weighted by molar-refractivity contribution is -0.143. The lowest BCUT2D eigenvalue weighted by atomic mass is 10.3. The zero-order chi connectivity index (χ0) is 11.8. The van der Waals surface area contributed by atoms with E-state index in [1.807, 2.05) is 0 Å². The molecule has 3 N–H and O–H groups in total. The van der Waals surface area contributed by atoms with E-state index in [1.165, 1.54) is 7.11 Å². The summed E-state index contributed by atoms with van der Waals surface area (Å²) >= 11 is 0. The number of hydrogen-bond acceptors (Lipinski definition) is 6. The number of carbonyl (C=O) groups is 2. The van der Waals surface area contributed by atoms with Crippen LogP contribution in [-0.4, -0.2) is 44.6 Å². The Balaban J connectivity index is 0. The highest BCUT2D eigenvalue weighted by Crippen LogP contribution is 1.83. The molecule has 14 heavy (non-hydrogen) atoms. The van der Waals surface area contributed by atoms with Crippen molar-refractivity contribution in [2.75, 3.05) is 19.9 Å². The van der Waals surface area contributed by atoms with Crippen LogP contribution in [0.2, 0.25) is 0 Å². The molecular weight excluding hydrogens is 214 g/mol. The Morgan fingerprint density at radius 2 is 1.79 bits per heavy atom. The normalized spacial score (nSPS) is 9.71. The molecule has 0 radical (unpaired) electrons. The second kappa shape index (κ2) is 7.42. The molecule has 0 aliphatic carbocycles. The van der Waals surface area contributed by atoms with Gasteiger partial charge in [0.25, 0.3) is 10.1 Å². The Morgan fingerprint density at radius 3 is 2.00 bits per heavy atom. The van der Waals surface area contributed by atoms with Crippen molar-refractivity contribution in [3.05, 3.63) is 0 Å². The molecular formula is C6H13NO6S. The van der Waals surface area contributed by atoms with Crippen molar-refractivity contribution in [1.82, 2.24) is 0 Å². The van der Waals surface area contributed by atoms with Gasteiger partial charge in [-0.25, -0.2) is 0 Å².